The second-order valence-electron chi connectivity index (χ2n) is 8.46. The van der Waals surface area contributed by atoms with Gasteiger partial charge < -0.3 is 15.5 Å². The van der Waals surface area contributed by atoms with Crippen molar-refractivity contribution in [3.05, 3.63) is 60.2 Å². The third-order valence-corrected chi connectivity index (χ3v) is 8.05. The van der Waals surface area contributed by atoms with Crippen LogP contribution in [-0.2, 0) is 10.0 Å². The first-order valence-corrected chi connectivity index (χ1v) is 12.3. The van der Waals surface area contributed by atoms with Crippen LogP contribution in [0.4, 0.5) is 10.5 Å². The summed E-state index contributed by atoms with van der Waals surface area (Å²) >= 11 is 0. The van der Waals surface area contributed by atoms with Crippen molar-refractivity contribution >= 4 is 21.7 Å². The van der Waals surface area contributed by atoms with Crippen molar-refractivity contribution in [2.75, 3.05) is 38.5 Å². The Morgan fingerprint density at radius 2 is 1.74 bits per heavy atom. The Morgan fingerprint density at radius 3 is 2.52 bits per heavy atom. The summed E-state index contributed by atoms with van der Waals surface area (Å²) in [7, 11) is -1.58. The molecular weight excluding hydrogens is 412 g/mol. The summed E-state index contributed by atoms with van der Waals surface area (Å²) in [6, 6.07) is 16.6. The van der Waals surface area contributed by atoms with Gasteiger partial charge in [-0.15, -0.1) is 0 Å². The van der Waals surface area contributed by atoms with Crippen LogP contribution in [0.2, 0.25) is 0 Å². The number of carbonyl (C=O) groups excluding carboxylic acids is 1. The number of anilines is 1. The van der Waals surface area contributed by atoms with Crippen LogP contribution in [-0.4, -0.2) is 62.9 Å². The number of likely N-dealkylation sites (N-methyl/N-ethyl adjacent to an activating group) is 1. The van der Waals surface area contributed by atoms with E-state index >= 15 is 0 Å². The Labute approximate surface area is 184 Å². The molecule has 2 amide bonds. The zero-order valence-corrected chi connectivity index (χ0v) is 18.6. The van der Waals surface area contributed by atoms with Gasteiger partial charge in [0.15, 0.2) is 0 Å². The van der Waals surface area contributed by atoms with Crippen LogP contribution in [0.15, 0.2) is 59.5 Å². The van der Waals surface area contributed by atoms with Gasteiger partial charge in [-0.25, -0.2) is 13.2 Å². The fourth-order valence-corrected chi connectivity index (χ4v) is 5.75. The van der Waals surface area contributed by atoms with Crippen molar-refractivity contribution in [1.82, 2.24) is 14.5 Å². The summed E-state index contributed by atoms with van der Waals surface area (Å²) in [5, 5.41) is 5.77. The number of carbonyl (C=O) groups is 1. The van der Waals surface area contributed by atoms with E-state index in [0.29, 0.717) is 31.2 Å². The maximum Gasteiger partial charge on any atom is 0.319 e. The van der Waals surface area contributed by atoms with Gasteiger partial charge in [-0.3, -0.25) is 0 Å². The third kappa shape index (κ3) is 5.26. The van der Waals surface area contributed by atoms with Gasteiger partial charge in [0.25, 0.3) is 0 Å². The Hall–Kier alpha value is -2.42. The zero-order valence-electron chi connectivity index (χ0n) is 17.8. The van der Waals surface area contributed by atoms with Crippen molar-refractivity contribution in [2.24, 2.45) is 0 Å². The summed E-state index contributed by atoms with van der Waals surface area (Å²) in [5.41, 5.74) is 1.78. The number of sulfonamides is 1. The molecule has 1 heterocycles. The lowest BCUT2D eigenvalue weighted by molar-refractivity contribution is 0.233. The fourth-order valence-electron chi connectivity index (χ4n) is 4.23. The molecule has 0 aromatic heterocycles. The molecule has 31 heavy (non-hydrogen) atoms. The number of nitrogens with one attached hydrogen (secondary N) is 2. The summed E-state index contributed by atoms with van der Waals surface area (Å²) in [4.78, 5) is 14.8. The number of urea groups is 1. The van der Waals surface area contributed by atoms with Crippen LogP contribution in [0.1, 0.15) is 30.7 Å². The highest BCUT2D eigenvalue weighted by molar-refractivity contribution is 7.89. The highest BCUT2D eigenvalue weighted by Gasteiger charge is 2.31. The monoisotopic (exact) mass is 442 g/mol. The average molecular weight is 443 g/mol. The van der Waals surface area contributed by atoms with E-state index in [-0.39, 0.29) is 17.0 Å². The summed E-state index contributed by atoms with van der Waals surface area (Å²) in [6.45, 7) is 2.58. The minimum absolute atomic E-state index is 0.131. The maximum atomic E-state index is 13.1. The van der Waals surface area contributed by atoms with E-state index in [9.17, 15) is 13.2 Å². The zero-order chi connectivity index (χ0) is 21.8. The standard InChI is InChI=1S/C23H30N4O3S/c1-26-11-6-12-27(14-13-26)31(29,30)22-10-5-9-20(17-22)24-23(28)25-21-15-19(16-21)18-7-3-2-4-8-18/h2-5,7-10,17,19,21H,6,11-16H2,1H3,(H2,24,25,28). The van der Waals surface area contributed by atoms with Crippen LogP contribution in [0.25, 0.3) is 0 Å². The average Bonchev–Trinajstić information content (AvgIpc) is 2.96. The van der Waals surface area contributed by atoms with Gasteiger partial charge in [-0.05, 0) is 62.5 Å². The largest absolute Gasteiger partial charge is 0.335 e. The second kappa shape index (κ2) is 9.38. The number of benzene rings is 2. The molecule has 2 aromatic carbocycles. The molecule has 2 N–H and O–H groups in total. The molecule has 0 bridgehead atoms. The Bertz CT molecular complexity index is 1010. The number of amides is 2. The summed E-state index contributed by atoms with van der Waals surface area (Å²) < 4.78 is 27.7. The third-order valence-electron chi connectivity index (χ3n) is 6.15. The predicted octanol–water partition coefficient (Wildman–Crippen LogP) is 3.08. The second-order valence-corrected chi connectivity index (χ2v) is 10.4. The van der Waals surface area contributed by atoms with Crippen LogP contribution in [0.3, 0.4) is 0 Å². The van der Waals surface area contributed by atoms with Crippen LogP contribution in [0.5, 0.6) is 0 Å². The number of hydrogen-bond acceptors (Lipinski definition) is 4. The first-order valence-electron chi connectivity index (χ1n) is 10.8. The number of rotatable bonds is 5. The van der Waals surface area contributed by atoms with E-state index in [1.807, 2.05) is 25.2 Å². The molecule has 166 valence electrons. The van der Waals surface area contributed by atoms with Crippen molar-refractivity contribution in [2.45, 2.75) is 36.1 Å². The fraction of sp³-hybridized carbons (Fsp3) is 0.435. The van der Waals surface area contributed by atoms with Gasteiger partial charge >= 0.3 is 6.03 Å². The van der Waals surface area contributed by atoms with Crippen molar-refractivity contribution in [1.29, 1.82) is 0 Å². The minimum atomic E-state index is -3.59. The van der Waals surface area contributed by atoms with Crippen molar-refractivity contribution in [3.8, 4) is 0 Å². The van der Waals surface area contributed by atoms with Gasteiger partial charge in [0.05, 0.1) is 4.90 Å². The van der Waals surface area contributed by atoms with Gasteiger partial charge in [0.2, 0.25) is 10.0 Å². The van der Waals surface area contributed by atoms with Crippen molar-refractivity contribution in [3.63, 3.8) is 0 Å². The maximum absolute atomic E-state index is 13.1. The number of hydrogen-bond donors (Lipinski definition) is 2. The van der Waals surface area contributed by atoms with Crippen LogP contribution < -0.4 is 10.6 Å². The first kappa shape index (κ1) is 21.8. The smallest absolute Gasteiger partial charge is 0.319 e. The van der Waals surface area contributed by atoms with Gasteiger partial charge in [-0.1, -0.05) is 36.4 Å². The first-order chi connectivity index (χ1) is 14.9. The molecule has 1 saturated heterocycles. The molecule has 0 atom stereocenters. The molecule has 0 radical (unpaired) electrons. The molecular formula is C23H30N4O3S. The SMILES string of the molecule is CN1CCCN(S(=O)(=O)c2cccc(NC(=O)NC3CC(c4ccccc4)C3)c2)CC1. The molecule has 7 nitrogen and oxygen atoms in total. The molecule has 1 saturated carbocycles. The Balaban J connectivity index is 1.33. The van der Waals surface area contributed by atoms with E-state index in [1.54, 1.807) is 18.2 Å². The summed E-state index contributed by atoms with van der Waals surface area (Å²) in [5.74, 6) is 0.479. The Kier molecular flexibility index (Phi) is 6.60. The van der Waals surface area contributed by atoms with E-state index in [4.69, 9.17) is 0 Å². The van der Waals surface area contributed by atoms with Crippen LogP contribution in [0, 0.1) is 0 Å². The molecule has 2 aromatic rings. The topological polar surface area (TPSA) is 81.8 Å². The Morgan fingerprint density at radius 1 is 0.968 bits per heavy atom. The normalized spacial score (nSPS) is 22.9. The lowest BCUT2D eigenvalue weighted by atomic mass is 9.76. The minimum Gasteiger partial charge on any atom is -0.335 e. The highest BCUT2D eigenvalue weighted by atomic mass is 32.2. The van der Waals surface area contributed by atoms with E-state index in [2.05, 4.69) is 27.7 Å². The van der Waals surface area contributed by atoms with E-state index in [0.717, 1.165) is 25.8 Å². The molecule has 0 spiro atoms. The molecule has 0 unspecified atom stereocenters. The van der Waals surface area contributed by atoms with E-state index in [1.165, 1.54) is 15.9 Å². The molecule has 1 aliphatic heterocycles. The van der Waals surface area contributed by atoms with Gasteiger partial charge in [0.1, 0.15) is 0 Å². The highest BCUT2D eigenvalue weighted by Crippen LogP contribution is 2.36. The molecule has 8 heteroatoms. The summed E-state index contributed by atoms with van der Waals surface area (Å²) in [6.07, 6.45) is 2.63. The van der Waals surface area contributed by atoms with E-state index < -0.39 is 10.0 Å². The molecule has 2 fully saturated rings. The number of nitrogens with zero attached hydrogens (tertiary/aromatic N) is 2. The lowest BCUT2D eigenvalue weighted by Gasteiger charge is -2.36. The molecule has 2 aliphatic rings. The van der Waals surface area contributed by atoms with Gasteiger partial charge in [-0.2, -0.15) is 4.31 Å². The quantitative estimate of drug-likeness (QED) is 0.746. The predicted molar refractivity (Wildman–Crippen MR) is 122 cm³/mol. The molecule has 1 aliphatic carbocycles. The van der Waals surface area contributed by atoms with Gasteiger partial charge in [0, 0.05) is 31.4 Å². The molecule has 4 rings (SSSR count). The van der Waals surface area contributed by atoms with Crippen LogP contribution >= 0.6 is 0 Å². The van der Waals surface area contributed by atoms with Crippen molar-refractivity contribution < 1.29 is 13.2 Å². The lowest BCUT2D eigenvalue weighted by Crippen LogP contribution is -2.45.